The second-order valence-corrected chi connectivity index (χ2v) is 6.77. The zero-order valence-corrected chi connectivity index (χ0v) is 16.3. The second-order valence-electron chi connectivity index (χ2n) is 6.77. The molecule has 7 N–H and O–H groups in total. The average Bonchev–Trinajstić information content (AvgIpc) is 3.27. The van der Waals surface area contributed by atoms with Crippen LogP contribution in [0.3, 0.4) is 0 Å². The smallest absolute Gasteiger partial charge is 0.228 e. The molecule has 3 aromatic rings. The summed E-state index contributed by atoms with van der Waals surface area (Å²) in [6, 6.07) is 4.67. The zero-order chi connectivity index (χ0) is 22.1. The van der Waals surface area contributed by atoms with Gasteiger partial charge in [0.15, 0.2) is 34.7 Å². The Morgan fingerprint density at radius 3 is 2.84 bits per heavy atom. The van der Waals surface area contributed by atoms with E-state index in [1.54, 1.807) is 12.1 Å². The molecule has 4 atom stereocenters. The van der Waals surface area contributed by atoms with Gasteiger partial charge in [0.2, 0.25) is 5.95 Å². The Morgan fingerprint density at radius 2 is 2.13 bits per heavy atom. The number of methoxy groups -OCH3 is 1. The number of benzene rings is 1. The molecule has 1 saturated heterocycles. The van der Waals surface area contributed by atoms with E-state index in [-0.39, 0.29) is 34.4 Å². The number of anilines is 2. The molecular formula is C18H21N7O6. The number of imidazole rings is 1. The monoisotopic (exact) mass is 431 g/mol. The number of fused-ring (bicyclic) bond motifs is 1. The van der Waals surface area contributed by atoms with Gasteiger partial charge in [-0.05, 0) is 23.8 Å². The molecule has 2 aromatic heterocycles. The first kappa shape index (κ1) is 20.7. The molecular weight excluding hydrogens is 410 g/mol. The highest BCUT2D eigenvalue weighted by atomic mass is 16.6. The molecule has 31 heavy (non-hydrogen) atoms. The minimum atomic E-state index is -1.36. The van der Waals surface area contributed by atoms with Gasteiger partial charge in [0.1, 0.15) is 24.6 Å². The van der Waals surface area contributed by atoms with Crippen LogP contribution in [0.2, 0.25) is 0 Å². The van der Waals surface area contributed by atoms with Crippen molar-refractivity contribution < 1.29 is 29.9 Å². The van der Waals surface area contributed by atoms with Crippen LogP contribution in [0, 0.1) is 0 Å². The van der Waals surface area contributed by atoms with Crippen LogP contribution < -0.4 is 15.9 Å². The van der Waals surface area contributed by atoms with Crippen molar-refractivity contribution >= 4 is 29.1 Å². The van der Waals surface area contributed by atoms with Gasteiger partial charge in [-0.2, -0.15) is 5.10 Å². The predicted octanol–water partition coefficient (Wildman–Crippen LogP) is -0.820. The third-order valence-electron chi connectivity index (χ3n) is 4.86. The first-order chi connectivity index (χ1) is 14.9. The summed E-state index contributed by atoms with van der Waals surface area (Å²) in [7, 11) is 1.43. The molecule has 3 heterocycles. The van der Waals surface area contributed by atoms with Crippen molar-refractivity contribution in [2.45, 2.75) is 24.5 Å². The molecule has 164 valence electrons. The maximum atomic E-state index is 10.5. The number of phenolic OH excluding ortho intramolecular Hbond substituents is 1. The molecule has 0 spiro atoms. The zero-order valence-electron chi connectivity index (χ0n) is 16.3. The van der Waals surface area contributed by atoms with Crippen LogP contribution in [0.15, 0.2) is 29.6 Å². The van der Waals surface area contributed by atoms with E-state index < -0.39 is 31.1 Å². The normalized spacial score (nSPS) is 23.6. The summed E-state index contributed by atoms with van der Waals surface area (Å²) in [5.41, 5.74) is 9.73. The fourth-order valence-electron chi connectivity index (χ4n) is 3.28. The quantitative estimate of drug-likeness (QED) is 0.211. The second kappa shape index (κ2) is 8.31. The van der Waals surface area contributed by atoms with Crippen molar-refractivity contribution in [3.05, 3.63) is 30.1 Å². The van der Waals surface area contributed by atoms with E-state index in [4.69, 9.17) is 15.2 Å². The molecule has 4 rings (SSSR count). The van der Waals surface area contributed by atoms with Gasteiger partial charge in [-0.25, -0.2) is 20.4 Å². The summed E-state index contributed by atoms with van der Waals surface area (Å²) in [6.45, 7) is -0.484. The van der Waals surface area contributed by atoms with Crippen molar-refractivity contribution in [1.82, 2.24) is 19.5 Å². The molecule has 1 fully saturated rings. The number of aromatic hydroxyl groups is 1. The molecule has 0 aliphatic carbocycles. The molecule has 13 heteroatoms. The summed E-state index contributed by atoms with van der Waals surface area (Å²) < 4.78 is 12.1. The predicted molar refractivity (Wildman–Crippen MR) is 109 cm³/mol. The van der Waals surface area contributed by atoms with Gasteiger partial charge in [-0.1, -0.05) is 0 Å². The van der Waals surface area contributed by atoms with Gasteiger partial charge < -0.3 is 35.6 Å². The van der Waals surface area contributed by atoms with Gasteiger partial charge >= 0.3 is 0 Å². The number of nitrogens with one attached hydrogen (secondary N) is 1. The largest absolute Gasteiger partial charge is 0.504 e. The number of nitrogens with two attached hydrogens (primary N) is 1. The number of nitrogen functional groups attached to an aromatic ring is 1. The molecule has 0 radical (unpaired) electrons. The first-order valence-corrected chi connectivity index (χ1v) is 9.21. The highest BCUT2D eigenvalue weighted by molar-refractivity contribution is 5.85. The Hall–Kier alpha value is -3.52. The number of aliphatic hydroxyl groups excluding tert-OH is 3. The number of rotatable bonds is 6. The van der Waals surface area contributed by atoms with Crippen LogP contribution in [0.25, 0.3) is 11.2 Å². The third-order valence-corrected chi connectivity index (χ3v) is 4.86. The molecule has 0 saturated carbocycles. The summed E-state index contributed by atoms with van der Waals surface area (Å²) in [5.74, 6) is 0.489. The van der Waals surface area contributed by atoms with E-state index in [0.29, 0.717) is 5.56 Å². The molecule has 13 nitrogen and oxygen atoms in total. The summed E-state index contributed by atoms with van der Waals surface area (Å²) >= 11 is 0. The van der Waals surface area contributed by atoms with E-state index in [1.165, 1.54) is 30.3 Å². The van der Waals surface area contributed by atoms with E-state index in [2.05, 4.69) is 25.5 Å². The van der Waals surface area contributed by atoms with E-state index in [0.717, 1.165) is 0 Å². The maximum absolute atomic E-state index is 10.5. The molecule has 1 aromatic carbocycles. The van der Waals surface area contributed by atoms with Crippen LogP contribution in [0.5, 0.6) is 11.5 Å². The van der Waals surface area contributed by atoms with Crippen molar-refractivity contribution in [2.75, 3.05) is 24.9 Å². The Morgan fingerprint density at radius 1 is 1.32 bits per heavy atom. The average molecular weight is 431 g/mol. The van der Waals surface area contributed by atoms with Crippen LogP contribution in [0.1, 0.15) is 11.8 Å². The number of aliphatic hydroxyl groups is 3. The highest BCUT2D eigenvalue weighted by Gasteiger charge is 2.45. The SMILES string of the molecule is COc1cc(/C=N\Nc2nc3c(N)ncnc3n2[C@H]2O[C@@H](CO)[C@@H](O)[C@@H]2O)ccc1O. The number of phenols is 1. The summed E-state index contributed by atoms with van der Waals surface area (Å²) in [6.07, 6.45) is -2.09. The lowest BCUT2D eigenvalue weighted by atomic mass is 10.1. The Balaban J connectivity index is 1.69. The minimum absolute atomic E-state index is 0.00665. The molecule has 0 amide bonds. The fraction of sp³-hybridized carbons (Fsp3) is 0.333. The number of hydrazone groups is 1. The van der Waals surface area contributed by atoms with Gasteiger partial charge in [0.05, 0.1) is 19.9 Å². The Kier molecular flexibility index (Phi) is 5.56. The molecule has 0 unspecified atom stereocenters. The highest BCUT2D eigenvalue weighted by Crippen LogP contribution is 2.35. The minimum Gasteiger partial charge on any atom is -0.504 e. The first-order valence-electron chi connectivity index (χ1n) is 9.21. The van der Waals surface area contributed by atoms with Crippen LogP contribution in [-0.4, -0.2) is 78.2 Å². The van der Waals surface area contributed by atoms with Crippen LogP contribution in [0.4, 0.5) is 11.8 Å². The number of ether oxygens (including phenoxy) is 2. The van der Waals surface area contributed by atoms with Crippen LogP contribution >= 0.6 is 0 Å². The maximum Gasteiger partial charge on any atom is 0.228 e. The topological polar surface area (TPSA) is 193 Å². The van der Waals surface area contributed by atoms with Gasteiger partial charge in [-0.3, -0.25) is 4.57 Å². The Bertz CT molecular complexity index is 1120. The molecule has 1 aliphatic rings. The Labute approximate surface area is 175 Å². The van der Waals surface area contributed by atoms with E-state index >= 15 is 0 Å². The van der Waals surface area contributed by atoms with Crippen molar-refractivity contribution in [1.29, 1.82) is 0 Å². The number of nitrogens with zero attached hydrogens (tertiary/aromatic N) is 5. The van der Waals surface area contributed by atoms with E-state index in [1.807, 2.05) is 0 Å². The number of hydrogen-bond donors (Lipinski definition) is 6. The molecule has 0 bridgehead atoms. The lowest BCUT2D eigenvalue weighted by Gasteiger charge is -2.18. The lowest BCUT2D eigenvalue weighted by Crippen LogP contribution is -2.33. The third kappa shape index (κ3) is 3.70. The van der Waals surface area contributed by atoms with Crippen molar-refractivity contribution in [3.8, 4) is 11.5 Å². The van der Waals surface area contributed by atoms with Crippen molar-refractivity contribution in [3.63, 3.8) is 0 Å². The number of aromatic nitrogens is 4. The summed E-state index contributed by atoms with van der Waals surface area (Å²) in [5, 5.41) is 43.8. The van der Waals surface area contributed by atoms with E-state index in [9.17, 15) is 20.4 Å². The molecule has 1 aliphatic heterocycles. The van der Waals surface area contributed by atoms with Gasteiger partial charge in [-0.15, -0.1) is 0 Å². The van der Waals surface area contributed by atoms with Crippen LogP contribution in [-0.2, 0) is 4.74 Å². The lowest BCUT2D eigenvalue weighted by molar-refractivity contribution is -0.0501. The fourth-order valence-corrected chi connectivity index (χ4v) is 3.28. The standard InChI is InChI=1S/C18H21N7O6/c1-30-10-4-8(2-3-9(10)27)5-22-24-18-23-12-15(19)20-7-21-16(12)25(18)17-14(29)13(28)11(6-26)31-17/h2-5,7,11,13-14,17,26-29H,6H2,1H3,(H,23,24)(H2,19,20,21)/b22-5-/t11-,13+,14-,17-/m0/s1. The van der Waals surface area contributed by atoms with Gasteiger partial charge in [0, 0.05) is 0 Å². The number of hydrogen-bond acceptors (Lipinski definition) is 12. The van der Waals surface area contributed by atoms with Gasteiger partial charge in [0.25, 0.3) is 0 Å². The van der Waals surface area contributed by atoms with Crippen molar-refractivity contribution in [2.24, 2.45) is 5.10 Å². The summed E-state index contributed by atoms with van der Waals surface area (Å²) in [4.78, 5) is 12.4.